The fourth-order valence-electron chi connectivity index (χ4n) is 3.08. The number of hydrogen-bond acceptors (Lipinski definition) is 2. The van der Waals surface area contributed by atoms with E-state index < -0.39 is 0 Å². The molecule has 0 saturated heterocycles. The van der Waals surface area contributed by atoms with E-state index in [9.17, 15) is 0 Å². The van der Waals surface area contributed by atoms with Crippen molar-refractivity contribution in [1.29, 1.82) is 0 Å². The maximum Gasteiger partial charge on any atom is 0.0816 e. The molecule has 0 spiro atoms. The van der Waals surface area contributed by atoms with Gasteiger partial charge in [0.05, 0.1) is 23.3 Å². The number of aryl methyl sites for hydroxylation is 4. The SMILES string of the molecule is CCC=CC(C=Nc1cc(CC)cc(CC)c1)=Nc1cc(CC)cc(CC)c1.[Ni]. The van der Waals surface area contributed by atoms with Crippen molar-refractivity contribution >= 4 is 23.3 Å². The number of rotatable bonds is 9. The first-order valence-electron chi connectivity index (χ1n) is 10.7. The second-order valence-electron chi connectivity index (χ2n) is 7.04. The summed E-state index contributed by atoms with van der Waals surface area (Å²) in [6.45, 7) is 10.9. The van der Waals surface area contributed by atoms with Gasteiger partial charge in [-0.3, -0.25) is 4.99 Å². The van der Waals surface area contributed by atoms with Gasteiger partial charge in [0.1, 0.15) is 0 Å². The van der Waals surface area contributed by atoms with E-state index in [4.69, 9.17) is 9.98 Å². The molecule has 0 amide bonds. The van der Waals surface area contributed by atoms with Crippen molar-refractivity contribution in [2.75, 3.05) is 0 Å². The maximum atomic E-state index is 4.89. The van der Waals surface area contributed by atoms with Crippen molar-refractivity contribution in [3.63, 3.8) is 0 Å². The Labute approximate surface area is 187 Å². The smallest absolute Gasteiger partial charge is 0.0816 e. The summed E-state index contributed by atoms with van der Waals surface area (Å²) in [6.07, 6.45) is 11.2. The third-order valence-corrected chi connectivity index (χ3v) is 4.84. The van der Waals surface area contributed by atoms with E-state index in [1.807, 2.05) is 6.21 Å². The van der Waals surface area contributed by atoms with Crippen LogP contribution in [-0.4, -0.2) is 11.9 Å². The molecule has 0 aromatic heterocycles. The number of hydrogen-bond donors (Lipinski definition) is 0. The summed E-state index contributed by atoms with van der Waals surface area (Å²) in [7, 11) is 0. The zero-order chi connectivity index (χ0) is 20.4. The number of nitrogens with zero attached hydrogens (tertiary/aromatic N) is 2. The van der Waals surface area contributed by atoms with E-state index >= 15 is 0 Å². The topological polar surface area (TPSA) is 24.7 Å². The second kappa shape index (κ2) is 13.3. The van der Waals surface area contributed by atoms with Gasteiger partial charge in [-0.2, -0.15) is 0 Å². The van der Waals surface area contributed by atoms with Gasteiger partial charge in [-0.05, 0) is 84.7 Å². The molecular formula is C26H34N2Ni. The molecule has 3 heteroatoms. The molecule has 0 saturated carbocycles. The van der Waals surface area contributed by atoms with Gasteiger partial charge >= 0.3 is 0 Å². The summed E-state index contributed by atoms with van der Waals surface area (Å²) in [5.74, 6) is 0. The summed E-state index contributed by atoms with van der Waals surface area (Å²) in [5, 5.41) is 0. The fourth-order valence-corrected chi connectivity index (χ4v) is 3.08. The molecule has 2 aromatic rings. The Morgan fingerprint density at radius 1 is 0.690 bits per heavy atom. The molecule has 0 fully saturated rings. The van der Waals surface area contributed by atoms with Crippen LogP contribution in [0.1, 0.15) is 63.3 Å². The van der Waals surface area contributed by atoms with Gasteiger partial charge in [0.2, 0.25) is 0 Å². The van der Waals surface area contributed by atoms with Gasteiger partial charge in [-0.25, -0.2) is 4.99 Å². The van der Waals surface area contributed by atoms with Crippen molar-refractivity contribution in [2.24, 2.45) is 9.98 Å². The summed E-state index contributed by atoms with van der Waals surface area (Å²) in [6, 6.07) is 13.2. The van der Waals surface area contributed by atoms with Crippen LogP contribution in [0.25, 0.3) is 0 Å². The Kier molecular flexibility index (Phi) is 11.5. The zero-order valence-electron chi connectivity index (χ0n) is 18.4. The molecule has 0 aliphatic heterocycles. The van der Waals surface area contributed by atoms with E-state index in [2.05, 4.69) is 83.2 Å². The van der Waals surface area contributed by atoms with Crippen LogP contribution < -0.4 is 0 Å². The Hall–Kier alpha value is -1.99. The average Bonchev–Trinajstić information content (AvgIpc) is 2.74. The molecule has 0 unspecified atom stereocenters. The molecule has 0 N–H and O–H groups in total. The first kappa shape index (κ1) is 25.1. The molecule has 0 aliphatic carbocycles. The van der Waals surface area contributed by atoms with Crippen LogP contribution >= 0.6 is 0 Å². The average molecular weight is 433 g/mol. The van der Waals surface area contributed by atoms with Gasteiger partial charge in [-0.15, -0.1) is 0 Å². The monoisotopic (exact) mass is 432 g/mol. The van der Waals surface area contributed by atoms with Gasteiger partial charge in [0.25, 0.3) is 0 Å². The quantitative estimate of drug-likeness (QED) is 0.291. The second-order valence-corrected chi connectivity index (χ2v) is 7.04. The van der Waals surface area contributed by atoms with E-state index in [0.29, 0.717) is 0 Å². The van der Waals surface area contributed by atoms with Crippen molar-refractivity contribution in [1.82, 2.24) is 0 Å². The van der Waals surface area contributed by atoms with E-state index in [1.54, 1.807) is 0 Å². The van der Waals surface area contributed by atoms with Crippen LogP contribution in [0.2, 0.25) is 0 Å². The summed E-state index contributed by atoms with van der Waals surface area (Å²) < 4.78 is 0. The van der Waals surface area contributed by atoms with Gasteiger partial charge < -0.3 is 0 Å². The van der Waals surface area contributed by atoms with Crippen LogP contribution in [0.4, 0.5) is 11.4 Å². The standard InChI is InChI=1S/C26H34N2.Ni/c1-6-11-12-24(28-26-17-22(9-4)14-23(10-5)18-26)19-27-25-15-20(7-2)13-21(8-3)16-25;/h11-19H,6-10H2,1-5H3;. The number of aliphatic imine (C=N–C) groups is 2. The van der Waals surface area contributed by atoms with Crippen LogP contribution in [-0.2, 0) is 42.2 Å². The van der Waals surface area contributed by atoms with Crippen LogP contribution in [0.5, 0.6) is 0 Å². The molecular weight excluding hydrogens is 399 g/mol. The summed E-state index contributed by atoms with van der Waals surface area (Å²) in [4.78, 5) is 9.65. The van der Waals surface area contributed by atoms with Gasteiger partial charge in [0.15, 0.2) is 0 Å². The molecule has 2 nitrogen and oxygen atoms in total. The van der Waals surface area contributed by atoms with Crippen LogP contribution in [0.15, 0.2) is 58.5 Å². The van der Waals surface area contributed by atoms with E-state index in [1.165, 1.54) is 22.3 Å². The molecule has 0 atom stereocenters. The maximum absolute atomic E-state index is 4.89. The molecule has 158 valence electrons. The third-order valence-electron chi connectivity index (χ3n) is 4.84. The Bertz CT molecular complexity index is 819. The normalized spacial score (nSPS) is 12.0. The molecule has 2 rings (SSSR count). The molecule has 0 bridgehead atoms. The minimum absolute atomic E-state index is 0. The number of allylic oxidation sites excluding steroid dienone is 2. The molecule has 0 radical (unpaired) electrons. The summed E-state index contributed by atoms with van der Waals surface area (Å²) >= 11 is 0. The van der Waals surface area contributed by atoms with Crippen LogP contribution in [0.3, 0.4) is 0 Å². The Morgan fingerprint density at radius 3 is 1.55 bits per heavy atom. The van der Waals surface area contributed by atoms with Crippen molar-refractivity contribution in [3.8, 4) is 0 Å². The first-order chi connectivity index (χ1) is 13.6. The predicted octanol–water partition coefficient (Wildman–Crippen LogP) is 7.37. The van der Waals surface area contributed by atoms with Crippen molar-refractivity contribution < 1.29 is 16.5 Å². The summed E-state index contributed by atoms with van der Waals surface area (Å²) in [5.41, 5.74) is 8.22. The molecule has 0 aliphatic rings. The van der Waals surface area contributed by atoms with E-state index in [-0.39, 0.29) is 16.5 Å². The van der Waals surface area contributed by atoms with Gasteiger partial charge in [-0.1, -0.05) is 52.8 Å². The zero-order valence-corrected chi connectivity index (χ0v) is 19.4. The molecule has 0 heterocycles. The Morgan fingerprint density at radius 2 is 1.14 bits per heavy atom. The third kappa shape index (κ3) is 8.11. The van der Waals surface area contributed by atoms with Crippen molar-refractivity contribution in [3.05, 3.63) is 70.8 Å². The van der Waals surface area contributed by atoms with Crippen LogP contribution in [0, 0.1) is 0 Å². The predicted molar refractivity (Wildman–Crippen MR) is 125 cm³/mol. The van der Waals surface area contributed by atoms with Gasteiger partial charge in [0, 0.05) is 16.5 Å². The minimum atomic E-state index is 0. The largest absolute Gasteiger partial charge is 0.255 e. The number of benzene rings is 2. The fraction of sp³-hybridized carbons (Fsp3) is 0.385. The molecule has 2 aromatic carbocycles. The van der Waals surface area contributed by atoms with Crippen molar-refractivity contribution in [2.45, 2.75) is 66.7 Å². The first-order valence-corrected chi connectivity index (χ1v) is 10.7. The minimum Gasteiger partial charge on any atom is -0.255 e. The van der Waals surface area contributed by atoms with E-state index in [0.717, 1.165) is 49.2 Å². The molecule has 29 heavy (non-hydrogen) atoms. The Balaban J connectivity index is 0.00000420.